The normalized spacial score (nSPS) is 21.5. The second kappa shape index (κ2) is 6.63. The molecule has 1 atom stereocenters. The van der Waals surface area contributed by atoms with Gasteiger partial charge >= 0.3 is 0 Å². The third-order valence-corrected chi connectivity index (χ3v) is 3.08. The van der Waals surface area contributed by atoms with E-state index in [2.05, 4.69) is 39.2 Å². The van der Waals surface area contributed by atoms with E-state index in [0.29, 0.717) is 6.04 Å². The maximum Gasteiger partial charge on any atom is 0.0615 e. The molecule has 0 spiro atoms. The number of hydrogen-bond acceptors (Lipinski definition) is 3. The van der Waals surface area contributed by atoms with Crippen molar-refractivity contribution in [1.29, 1.82) is 0 Å². The minimum absolute atomic E-state index is 0.532. The van der Waals surface area contributed by atoms with Gasteiger partial charge in [-0.2, -0.15) is 0 Å². The van der Waals surface area contributed by atoms with Crippen molar-refractivity contribution in [2.75, 3.05) is 46.4 Å². The Bertz CT molecular complexity index is 203. The van der Waals surface area contributed by atoms with Crippen molar-refractivity contribution in [2.45, 2.75) is 13.0 Å². The van der Waals surface area contributed by atoms with E-state index in [4.69, 9.17) is 4.74 Å². The second-order valence-electron chi connectivity index (χ2n) is 4.13. The van der Waals surface area contributed by atoms with Crippen LogP contribution >= 0.6 is 15.9 Å². The number of hydrogen-bond donors (Lipinski definition) is 0. The molecule has 1 aliphatic heterocycles. The van der Waals surface area contributed by atoms with Gasteiger partial charge in [0.25, 0.3) is 0 Å². The van der Waals surface area contributed by atoms with Crippen LogP contribution in [0.4, 0.5) is 0 Å². The van der Waals surface area contributed by atoms with Crippen LogP contribution in [0.2, 0.25) is 0 Å². The van der Waals surface area contributed by atoms with Crippen LogP contribution in [0.15, 0.2) is 11.1 Å². The predicted octanol–water partition coefficient (Wildman–Crippen LogP) is 1.55. The fraction of sp³-hybridized carbons (Fsp3) is 0.818. The Kier molecular flexibility index (Phi) is 5.82. The number of methoxy groups -OCH3 is 1. The Labute approximate surface area is 101 Å². The number of nitrogens with zero attached hydrogens (tertiary/aromatic N) is 2. The zero-order valence-corrected chi connectivity index (χ0v) is 11.3. The van der Waals surface area contributed by atoms with E-state index in [0.717, 1.165) is 43.8 Å². The third-order valence-electron chi connectivity index (χ3n) is 2.83. The molecule has 1 saturated heterocycles. The van der Waals surface area contributed by atoms with Gasteiger partial charge in [0, 0.05) is 50.4 Å². The van der Waals surface area contributed by atoms with Crippen molar-refractivity contribution < 1.29 is 4.74 Å². The van der Waals surface area contributed by atoms with Gasteiger partial charge in [0.05, 0.1) is 6.61 Å². The van der Waals surface area contributed by atoms with Gasteiger partial charge in [-0.25, -0.2) is 0 Å². The maximum absolute atomic E-state index is 5.17. The van der Waals surface area contributed by atoms with Gasteiger partial charge in [-0.15, -0.1) is 0 Å². The van der Waals surface area contributed by atoms with Crippen LogP contribution in [0.3, 0.4) is 0 Å². The van der Waals surface area contributed by atoms with Crippen LogP contribution in [0.5, 0.6) is 0 Å². The highest BCUT2D eigenvalue weighted by Gasteiger charge is 2.20. The van der Waals surface area contributed by atoms with Gasteiger partial charge in [-0.1, -0.05) is 22.5 Å². The molecule has 4 heteroatoms. The Hall–Kier alpha value is 0.1000. The molecule has 0 aromatic carbocycles. The molecule has 0 radical (unpaired) electrons. The molecule has 0 aliphatic carbocycles. The molecule has 0 bridgehead atoms. The molecule has 3 nitrogen and oxygen atoms in total. The number of rotatable bonds is 5. The summed E-state index contributed by atoms with van der Waals surface area (Å²) in [5, 5.41) is 0. The lowest BCUT2D eigenvalue weighted by Crippen LogP contribution is -2.50. The molecular formula is C11H21BrN2O. The molecule has 0 unspecified atom stereocenters. The summed E-state index contributed by atoms with van der Waals surface area (Å²) in [6.45, 7) is 12.4. The summed E-state index contributed by atoms with van der Waals surface area (Å²) < 4.78 is 6.24. The zero-order chi connectivity index (χ0) is 11.3. The first-order valence-electron chi connectivity index (χ1n) is 5.42. The average Bonchev–Trinajstić information content (AvgIpc) is 2.18. The lowest BCUT2D eigenvalue weighted by Gasteiger charge is -2.37. The maximum atomic E-state index is 5.17. The van der Waals surface area contributed by atoms with Gasteiger partial charge in [0.2, 0.25) is 0 Å². The summed E-state index contributed by atoms with van der Waals surface area (Å²) in [4.78, 5) is 4.91. The molecule has 0 aromatic rings. The van der Waals surface area contributed by atoms with E-state index in [1.165, 1.54) is 0 Å². The summed E-state index contributed by atoms with van der Waals surface area (Å²) >= 11 is 3.41. The highest BCUT2D eigenvalue weighted by atomic mass is 79.9. The third kappa shape index (κ3) is 4.64. The first-order valence-corrected chi connectivity index (χ1v) is 6.21. The van der Waals surface area contributed by atoms with Gasteiger partial charge < -0.3 is 4.74 Å². The van der Waals surface area contributed by atoms with E-state index < -0.39 is 0 Å². The fourth-order valence-corrected chi connectivity index (χ4v) is 2.31. The van der Waals surface area contributed by atoms with Crippen molar-refractivity contribution >= 4 is 15.9 Å². The lowest BCUT2D eigenvalue weighted by atomic mass is 10.2. The quantitative estimate of drug-likeness (QED) is 0.758. The molecule has 1 rings (SSSR count). The Morgan fingerprint density at radius 1 is 1.40 bits per heavy atom. The van der Waals surface area contributed by atoms with Crippen molar-refractivity contribution in [3.63, 3.8) is 0 Å². The Morgan fingerprint density at radius 3 is 2.47 bits per heavy atom. The van der Waals surface area contributed by atoms with E-state index >= 15 is 0 Å². The molecule has 0 amide bonds. The fourth-order valence-electron chi connectivity index (χ4n) is 1.95. The van der Waals surface area contributed by atoms with Gasteiger partial charge in [-0.05, 0) is 6.92 Å². The van der Waals surface area contributed by atoms with Crippen LogP contribution in [0, 0.1) is 0 Å². The second-order valence-corrected chi connectivity index (χ2v) is 5.26. The van der Waals surface area contributed by atoms with Crippen molar-refractivity contribution in [3.8, 4) is 0 Å². The van der Waals surface area contributed by atoms with E-state index in [-0.39, 0.29) is 0 Å². The van der Waals surface area contributed by atoms with Crippen LogP contribution < -0.4 is 0 Å². The van der Waals surface area contributed by atoms with E-state index in [9.17, 15) is 0 Å². The summed E-state index contributed by atoms with van der Waals surface area (Å²) in [7, 11) is 1.77. The minimum Gasteiger partial charge on any atom is -0.383 e. The topological polar surface area (TPSA) is 15.7 Å². The summed E-state index contributed by atoms with van der Waals surface area (Å²) in [5.41, 5.74) is 0. The van der Waals surface area contributed by atoms with Gasteiger partial charge in [-0.3, -0.25) is 9.80 Å². The van der Waals surface area contributed by atoms with Gasteiger partial charge in [0.15, 0.2) is 0 Å². The number of piperazine rings is 1. The first-order chi connectivity index (χ1) is 7.13. The number of halogens is 1. The van der Waals surface area contributed by atoms with Crippen LogP contribution in [0.25, 0.3) is 0 Å². The smallest absolute Gasteiger partial charge is 0.0615 e. The van der Waals surface area contributed by atoms with Crippen molar-refractivity contribution in [1.82, 2.24) is 9.80 Å². The molecular weight excluding hydrogens is 256 g/mol. The summed E-state index contributed by atoms with van der Waals surface area (Å²) in [6, 6.07) is 0.532. The molecule has 1 aliphatic rings. The minimum atomic E-state index is 0.532. The number of ether oxygens (including phenoxy) is 1. The molecule has 0 N–H and O–H groups in total. The van der Waals surface area contributed by atoms with Crippen molar-refractivity contribution in [2.24, 2.45) is 0 Å². The molecule has 15 heavy (non-hydrogen) atoms. The SMILES string of the molecule is C=C(Br)CN1CCN([C@@H](C)COC)CC1. The largest absolute Gasteiger partial charge is 0.383 e. The highest BCUT2D eigenvalue weighted by Crippen LogP contribution is 2.10. The van der Waals surface area contributed by atoms with Crippen LogP contribution in [-0.2, 0) is 4.74 Å². The summed E-state index contributed by atoms with van der Waals surface area (Å²) in [5.74, 6) is 0. The van der Waals surface area contributed by atoms with Gasteiger partial charge in [0.1, 0.15) is 0 Å². The average molecular weight is 277 g/mol. The van der Waals surface area contributed by atoms with Crippen molar-refractivity contribution in [3.05, 3.63) is 11.1 Å². The molecule has 1 fully saturated rings. The van der Waals surface area contributed by atoms with E-state index in [1.807, 2.05) is 0 Å². The zero-order valence-electron chi connectivity index (χ0n) is 9.71. The van der Waals surface area contributed by atoms with Crippen LogP contribution in [0.1, 0.15) is 6.92 Å². The molecule has 0 saturated carbocycles. The molecule has 88 valence electrons. The van der Waals surface area contributed by atoms with Crippen LogP contribution in [-0.4, -0.2) is 62.3 Å². The first kappa shape index (κ1) is 13.2. The monoisotopic (exact) mass is 276 g/mol. The van der Waals surface area contributed by atoms with E-state index in [1.54, 1.807) is 7.11 Å². The molecule has 1 heterocycles. The summed E-state index contributed by atoms with van der Waals surface area (Å²) in [6.07, 6.45) is 0. The molecule has 0 aromatic heterocycles. The lowest BCUT2D eigenvalue weighted by molar-refractivity contribution is 0.0607. The predicted molar refractivity (Wildman–Crippen MR) is 67.4 cm³/mol. The standard InChI is InChI=1S/C11H21BrN2O/c1-10(12)8-13-4-6-14(7-5-13)11(2)9-15-3/h11H,1,4-9H2,2-3H3/t11-/m0/s1. The Morgan fingerprint density at radius 2 is 2.00 bits per heavy atom. The highest BCUT2D eigenvalue weighted by molar-refractivity contribution is 9.11. The Balaban J connectivity index is 2.26.